The molecule has 0 spiro atoms. The molecule has 2 heterocycles. The highest BCUT2D eigenvalue weighted by atomic mass is 16.5. The van der Waals surface area contributed by atoms with E-state index >= 15 is 0 Å². The van der Waals surface area contributed by atoms with Gasteiger partial charge in [-0.15, -0.1) is 0 Å². The van der Waals surface area contributed by atoms with Gasteiger partial charge in [0, 0.05) is 39.3 Å². The first-order chi connectivity index (χ1) is 9.52. The van der Waals surface area contributed by atoms with Crippen LogP contribution in [0.4, 0.5) is 0 Å². The van der Waals surface area contributed by atoms with Gasteiger partial charge in [-0.05, 0) is 30.1 Å². The van der Waals surface area contributed by atoms with Crippen molar-refractivity contribution in [3.63, 3.8) is 0 Å². The third-order valence-electron chi connectivity index (χ3n) is 5.21. The molecule has 2 saturated heterocycles. The molecule has 4 nitrogen and oxygen atoms in total. The first kappa shape index (κ1) is 14.8. The monoisotopic (exact) mass is 282 g/mol. The molecule has 3 fully saturated rings. The van der Waals surface area contributed by atoms with E-state index in [1.165, 1.54) is 26.2 Å². The van der Waals surface area contributed by atoms with Gasteiger partial charge in [0.25, 0.3) is 0 Å². The lowest BCUT2D eigenvalue weighted by Crippen LogP contribution is -2.46. The van der Waals surface area contributed by atoms with Crippen molar-refractivity contribution in [2.24, 2.45) is 17.3 Å². The van der Waals surface area contributed by atoms with Crippen LogP contribution in [0.2, 0.25) is 0 Å². The van der Waals surface area contributed by atoms with E-state index in [-0.39, 0.29) is 6.10 Å². The van der Waals surface area contributed by atoms with Crippen molar-refractivity contribution in [2.75, 3.05) is 52.5 Å². The van der Waals surface area contributed by atoms with E-state index < -0.39 is 0 Å². The number of hydrogen-bond donors (Lipinski definition) is 1. The van der Waals surface area contributed by atoms with Crippen molar-refractivity contribution < 1.29 is 9.84 Å². The number of aliphatic hydroxyl groups excluding tert-OH is 1. The number of ether oxygens (including phenoxy) is 1. The molecule has 0 aromatic rings. The summed E-state index contributed by atoms with van der Waals surface area (Å²) in [6.07, 6.45) is 2.05. The molecule has 3 rings (SSSR count). The molecule has 0 aromatic heterocycles. The van der Waals surface area contributed by atoms with Gasteiger partial charge in [0.1, 0.15) is 0 Å². The molecule has 1 aliphatic carbocycles. The second-order valence-electron chi connectivity index (χ2n) is 7.89. The maximum absolute atomic E-state index is 9.73. The van der Waals surface area contributed by atoms with Crippen molar-refractivity contribution in [1.29, 1.82) is 0 Å². The lowest BCUT2D eigenvalue weighted by atomic mass is 9.91. The van der Waals surface area contributed by atoms with Crippen LogP contribution in [0.5, 0.6) is 0 Å². The zero-order valence-corrected chi connectivity index (χ0v) is 13.1. The molecule has 3 atom stereocenters. The number of morpholine rings is 1. The van der Waals surface area contributed by atoms with Gasteiger partial charge in [-0.2, -0.15) is 0 Å². The second-order valence-corrected chi connectivity index (χ2v) is 7.89. The summed E-state index contributed by atoms with van der Waals surface area (Å²) in [7, 11) is 0. The lowest BCUT2D eigenvalue weighted by molar-refractivity contribution is 0.0157. The maximum atomic E-state index is 9.73. The van der Waals surface area contributed by atoms with E-state index in [9.17, 15) is 5.11 Å². The Labute approximate surface area is 123 Å². The molecule has 4 heteroatoms. The largest absolute Gasteiger partial charge is 0.393 e. The van der Waals surface area contributed by atoms with Crippen LogP contribution in [0, 0.1) is 17.3 Å². The zero-order chi connectivity index (χ0) is 14.2. The summed E-state index contributed by atoms with van der Waals surface area (Å²) < 4.78 is 5.43. The van der Waals surface area contributed by atoms with E-state index in [0.29, 0.717) is 5.41 Å². The average molecular weight is 282 g/mol. The summed E-state index contributed by atoms with van der Waals surface area (Å²) in [5.41, 5.74) is 0.342. The standard InChI is InChI=1S/C16H30N2O2/c1-16(2,11-17-3-5-20-6-4-17)12-18-9-13-7-15(19)8-14(13)10-18/h13-15,19H,3-12H2,1-2H3/t13-,14+,15?. The highest BCUT2D eigenvalue weighted by molar-refractivity contribution is 4.94. The Morgan fingerprint density at radius 1 is 1.00 bits per heavy atom. The molecule has 2 aliphatic heterocycles. The number of likely N-dealkylation sites (tertiary alicyclic amines) is 1. The van der Waals surface area contributed by atoms with Gasteiger partial charge in [0.15, 0.2) is 0 Å². The van der Waals surface area contributed by atoms with Crippen molar-refractivity contribution in [1.82, 2.24) is 9.80 Å². The number of hydrogen-bond acceptors (Lipinski definition) is 4. The molecule has 0 aromatic carbocycles. The minimum atomic E-state index is -0.0199. The van der Waals surface area contributed by atoms with E-state index in [0.717, 1.165) is 51.0 Å². The molecule has 0 amide bonds. The van der Waals surface area contributed by atoms with Crippen LogP contribution in [0.1, 0.15) is 26.7 Å². The fraction of sp³-hybridized carbons (Fsp3) is 1.00. The van der Waals surface area contributed by atoms with Gasteiger partial charge in [0.2, 0.25) is 0 Å². The SMILES string of the molecule is CC(C)(CN1CCOCC1)CN1C[C@H]2CC(O)C[C@H]2C1. The minimum Gasteiger partial charge on any atom is -0.393 e. The molecule has 1 N–H and O–H groups in total. The first-order valence-electron chi connectivity index (χ1n) is 8.22. The Hall–Kier alpha value is -0.160. The fourth-order valence-corrected chi connectivity index (χ4v) is 4.51. The van der Waals surface area contributed by atoms with Crippen molar-refractivity contribution in [3.05, 3.63) is 0 Å². The van der Waals surface area contributed by atoms with Crippen LogP contribution < -0.4 is 0 Å². The maximum Gasteiger partial charge on any atom is 0.0594 e. The van der Waals surface area contributed by atoms with E-state index in [2.05, 4.69) is 23.6 Å². The van der Waals surface area contributed by atoms with Crippen LogP contribution in [0.3, 0.4) is 0 Å². The second kappa shape index (κ2) is 5.91. The van der Waals surface area contributed by atoms with Gasteiger partial charge in [-0.1, -0.05) is 13.8 Å². The molecule has 20 heavy (non-hydrogen) atoms. The third kappa shape index (κ3) is 3.53. The van der Waals surface area contributed by atoms with Crippen LogP contribution in [0.15, 0.2) is 0 Å². The topological polar surface area (TPSA) is 35.9 Å². The Balaban J connectivity index is 1.47. The van der Waals surface area contributed by atoms with Gasteiger partial charge in [-0.25, -0.2) is 0 Å². The third-order valence-corrected chi connectivity index (χ3v) is 5.21. The fourth-order valence-electron chi connectivity index (χ4n) is 4.51. The molecule has 0 radical (unpaired) electrons. The summed E-state index contributed by atoms with van der Waals surface area (Å²) in [6, 6.07) is 0. The lowest BCUT2D eigenvalue weighted by Gasteiger charge is -2.37. The predicted molar refractivity (Wildman–Crippen MR) is 79.7 cm³/mol. The Kier molecular flexibility index (Phi) is 4.37. The number of aliphatic hydroxyl groups is 1. The zero-order valence-electron chi connectivity index (χ0n) is 13.1. The molecule has 3 aliphatic rings. The summed E-state index contributed by atoms with van der Waals surface area (Å²) >= 11 is 0. The van der Waals surface area contributed by atoms with Crippen LogP contribution in [0.25, 0.3) is 0 Å². The van der Waals surface area contributed by atoms with Crippen molar-refractivity contribution in [3.8, 4) is 0 Å². The van der Waals surface area contributed by atoms with E-state index in [1.54, 1.807) is 0 Å². The van der Waals surface area contributed by atoms with Gasteiger partial charge in [0.05, 0.1) is 19.3 Å². The van der Waals surface area contributed by atoms with Crippen LogP contribution in [-0.2, 0) is 4.74 Å². The molecule has 1 saturated carbocycles. The number of rotatable bonds is 4. The number of nitrogens with zero attached hydrogens (tertiary/aromatic N) is 2. The van der Waals surface area contributed by atoms with Crippen LogP contribution in [-0.4, -0.2) is 73.5 Å². The van der Waals surface area contributed by atoms with E-state index in [1.807, 2.05) is 0 Å². The molecule has 0 bridgehead atoms. The molecule has 1 unspecified atom stereocenters. The Morgan fingerprint density at radius 3 is 2.15 bits per heavy atom. The average Bonchev–Trinajstić information content (AvgIpc) is 2.85. The normalized spacial score (nSPS) is 36.5. The quantitative estimate of drug-likeness (QED) is 0.836. The van der Waals surface area contributed by atoms with Crippen LogP contribution >= 0.6 is 0 Å². The Morgan fingerprint density at radius 2 is 1.55 bits per heavy atom. The summed E-state index contributed by atoms with van der Waals surface area (Å²) in [5, 5.41) is 9.73. The highest BCUT2D eigenvalue weighted by Crippen LogP contribution is 2.39. The Bertz CT molecular complexity index is 314. The molecular weight excluding hydrogens is 252 g/mol. The number of fused-ring (bicyclic) bond motifs is 1. The smallest absolute Gasteiger partial charge is 0.0594 e. The minimum absolute atomic E-state index is 0.0199. The summed E-state index contributed by atoms with van der Waals surface area (Å²) in [4.78, 5) is 5.19. The van der Waals surface area contributed by atoms with Gasteiger partial charge < -0.3 is 14.7 Å². The van der Waals surface area contributed by atoms with Crippen molar-refractivity contribution >= 4 is 0 Å². The van der Waals surface area contributed by atoms with Crippen molar-refractivity contribution in [2.45, 2.75) is 32.8 Å². The summed E-state index contributed by atoms with van der Waals surface area (Å²) in [5.74, 6) is 1.51. The molecule has 116 valence electrons. The first-order valence-corrected chi connectivity index (χ1v) is 8.22. The van der Waals surface area contributed by atoms with E-state index in [4.69, 9.17) is 4.74 Å². The van der Waals surface area contributed by atoms with Gasteiger partial charge in [-0.3, -0.25) is 4.90 Å². The predicted octanol–water partition coefficient (Wildman–Crippen LogP) is 1.05. The summed E-state index contributed by atoms with van der Waals surface area (Å²) in [6.45, 7) is 13.5. The van der Waals surface area contributed by atoms with Gasteiger partial charge >= 0.3 is 0 Å². The highest BCUT2D eigenvalue weighted by Gasteiger charge is 2.41. The molecular formula is C16H30N2O2.